The summed E-state index contributed by atoms with van der Waals surface area (Å²) in [7, 11) is 0. The van der Waals surface area contributed by atoms with Gasteiger partial charge in [-0.15, -0.1) is 0 Å². The Morgan fingerprint density at radius 3 is 2.58 bits per heavy atom. The van der Waals surface area contributed by atoms with Crippen LogP contribution in [0, 0.1) is 0 Å². The van der Waals surface area contributed by atoms with Crippen LogP contribution >= 0.6 is 12.2 Å². The van der Waals surface area contributed by atoms with Crippen molar-refractivity contribution in [2.75, 3.05) is 13.1 Å². The molecule has 1 aliphatic carbocycles. The predicted octanol–water partition coefficient (Wildman–Crippen LogP) is 1.66. The van der Waals surface area contributed by atoms with Crippen molar-refractivity contribution in [3.8, 4) is 0 Å². The summed E-state index contributed by atoms with van der Waals surface area (Å²) < 4.78 is 0. The minimum Gasteiger partial charge on any atom is -0.358 e. The fourth-order valence-electron chi connectivity index (χ4n) is 2.65. The minimum atomic E-state index is 0.535. The van der Waals surface area contributed by atoms with E-state index in [9.17, 15) is 0 Å². The molecule has 0 saturated heterocycles. The van der Waals surface area contributed by atoms with Gasteiger partial charge >= 0.3 is 0 Å². The highest BCUT2D eigenvalue weighted by Gasteiger charge is 2.21. The summed E-state index contributed by atoms with van der Waals surface area (Å²) in [6, 6.07) is 0.535. The van der Waals surface area contributed by atoms with E-state index < -0.39 is 0 Å². The maximum atomic E-state index is 5.31. The first-order valence-electron chi connectivity index (χ1n) is 7.33. The minimum absolute atomic E-state index is 0.535. The highest BCUT2D eigenvalue weighted by molar-refractivity contribution is 7.80. The molecule has 0 spiro atoms. The van der Waals surface area contributed by atoms with E-state index in [0.717, 1.165) is 23.9 Å². The van der Waals surface area contributed by atoms with Crippen molar-refractivity contribution in [3.63, 3.8) is 0 Å². The largest absolute Gasteiger partial charge is 0.358 e. The Balaban J connectivity index is 1.92. The molecule has 0 amide bonds. The molecule has 108 valence electrons. The summed E-state index contributed by atoms with van der Waals surface area (Å²) in [4.78, 5) is 2.99. The molecule has 5 nitrogen and oxygen atoms in total. The second-order valence-corrected chi connectivity index (χ2v) is 5.53. The molecule has 19 heavy (non-hydrogen) atoms. The number of hydrogen-bond acceptors (Lipinski definition) is 5. The van der Waals surface area contributed by atoms with Crippen LogP contribution in [0.4, 0.5) is 0 Å². The molecule has 3 N–H and O–H groups in total. The maximum Gasteiger partial charge on any atom is 0.121 e. The lowest BCUT2D eigenvalue weighted by molar-refractivity contribution is 0.0456. The second kappa shape index (κ2) is 7.07. The number of thiocarbonyl (C=S) groups is 1. The number of nitrogens with zero attached hydrogens (tertiary/aromatic N) is 2. The molecule has 0 radical (unpaired) electrons. The SMILES string of the molecule is CCN(CC)C1=CC(=S)NN(NC2CCCCC2)N1. The zero-order valence-corrected chi connectivity index (χ0v) is 12.7. The predicted molar refractivity (Wildman–Crippen MR) is 81.7 cm³/mol. The van der Waals surface area contributed by atoms with Crippen LogP contribution < -0.4 is 16.3 Å². The van der Waals surface area contributed by atoms with E-state index in [2.05, 4.69) is 35.0 Å². The van der Waals surface area contributed by atoms with E-state index in [0.29, 0.717) is 6.04 Å². The standard InChI is InChI=1S/C13H25N5S/c1-3-17(4-2)12-10-13(19)16-18(15-12)14-11-8-6-5-7-9-11/h10-11,14-15H,3-9H2,1-2H3,(H,16,19). The van der Waals surface area contributed by atoms with Crippen molar-refractivity contribution < 1.29 is 0 Å². The highest BCUT2D eigenvalue weighted by atomic mass is 32.1. The Labute approximate surface area is 121 Å². The van der Waals surface area contributed by atoms with Crippen LogP contribution in [0.1, 0.15) is 46.0 Å². The molecule has 1 saturated carbocycles. The van der Waals surface area contributed by atoms with Gasteiger partial charge in [-0.2, -0.15) is 0 Å². The van der Waals surface area contributed by atoms with Gasteiger partial charge in [-0.3, -0.25) is 10.9 Å². The molecule has 0 unspecified atom stereocenters. The third-order valence-electron chi connectivity index (χ3n) is 3.74. The van der Waals surface area contributed by atoms with Gasteiger partial charge in [0.05, 0.1) is 0 Å². The number of nitrogens with one attached hydrogen (secondary N) is 3. The van der Waals surface area contributed by atoms with Crippen LogP contribution in [0.15, 0.2) is 11.9 Å². The lowest BCUT2D eigenvalue weighted by Gasteiger charge is -2.38. The van der Waals surface area contributed by atoms with E-state index in [1.165, 1.54) is 32.1 Å². The van der Waals surface area contributed by atoms with Gasteiger partial charge in [-0.05, 0) is 26.7 Å². The third kappa shape index (κ3) is 4.06. The first-order chi connectivity index (χ1) is 9.22. The van der Waals surface area contributed by atoms with Crippen LogP contribution in [0.3, 0.4) is 0 Å². The van der Waals surface area contributed by atoms with Gasteiger partial charge in [0.25, 0.3) is 0 Å². The summed E-state index contributed by atoms with van der Waals surface area (Å²) in [5.41, 5.74) is 9.96. The quantitative estimate of drug-likeness (QED) is 0.667. The van der Waals surface area contributed by atoms with Gasteiger partial charge in [-0.1, -0.05) is 36.7 Å². The summed E-state index contributed by atoms with van der Waals surface area (Å²) in [5.74, 6) is 1.05. The van der Waals surface area contributed by atoms with Crippen molar-refractivity contribution in [2.24, 2.45) is 0 Å². The monoisotopic (exact) mass is 283 g/mol. The molecule has 6 heteroatoms. The summed E-state index contributed by atoms with van der Waals surface area (Å²) >= 11 is 5.31. The third-order valence-corrected chi connectivity index (χ3v) is 3.95. The molecular formula is C13H25N5S. The van der Waals surface area contributed by atoms with E-state index in [4.69, 9.17) is 12.2 Å². The Morgan fingerprint density at radius 2 is 1.95 bits per heavy atom. The van der Waals surface area contributed by atoms with Crippen molar-refractivity contribution in [1.82, 2.24) is 26.4 Å². The summed E-state index contributed by atoms with van der Waals surface area (Å²) in [6.45, 7) is 6.23. The van der Waals surface area contributed by atoms with Gasteiger partial charge < -0.3 is 4.90 Å². The van der Waals surface area contributed by atoms with Gasteiger partial charge in [0.2, 0.25) is 0 Å². The number of hydrazine groups is 3. The number of hydrogen-bond donors (Lipinski definition) is 3. The van der Waals surface area contributed by atoms with Crippen LogP contribution in [0.25, 0.3) is 0 Å². The maximum absolute atomic E-state index is 5.31. The van der Waals surface area contributed by atoms with Crippen LogP contribution in [-0.4, -0.2) is 34.2 Å². The zero-order valence-electron chi connectivity index (χ0n) is 11.9. The Bertz CT molecular complexity index is 334. The average molecular weight is 283 g/mol. The van der Waals surface area contributed by atoms with E-state index in [1.807, 2.05) is 11.3 Å². The van der Waals surface area contributed by atoms with Gasteiger partial charge in [0.1, 0.15) is 10.8 Å². The van der Waals surface area contributed by atoms with Crippen molar-refractivity contribution in [1.29, 1.82) is 0 Å². The molecule has 0 bridgehead atoms. The van der Waals surface area contributed by atoms with Gasteiger partial charge in [0.15, 0.2) is 0 Å². The molecule has 0 aromatic rings. The highest BCUT2D eigenvalue weighted by Crippen LogP contribution is 2.17. The molecule has 2 aliphatic rings. The van der Waals surface area contributed by atoms with Crippen LogP contribution in [0.2, 0.25) is 0 Å². The first kappa shape index (κ1) is 14.6. The number of rotatable bonds is 5. The Kier molecular flexibility index (Phi) is 5.42. The fraction of sp³-hybridized carbons (Fsp3) is 0.769. The summed E-state index contributed by atoms with van der Waals surface area (Å²) in [5, 5.41) is 1.83. The Morgan fingerprint density at radius 1 is 1.26 bits per heavy atom. The average Bonchev–Trinajstić information content (AvgIpc) is 2.40. The molecule has 0 atom stereocenters. The lowest BCUT2D eigenvalue weighted by Crippen LogP contribution is -2.63. The topological polar surface area (TPSA) is 42.6 Å². The molecule has 0 aromatic heterocycles. The molecule has 1 aliphatic heterocycles. The molecule has 1 heterocycles. The lowest BCUT2D eigenvalue weighted by atomic mass is 9.96. The van der Waals surface area contributed by atoms with E-state index in [1.54, 1.807) is 0 Å². The van der Waals surface area contributed by atoms with Crippen molar-refractivity contribution in [2.45, 2.75) is 52.0 Å². The molecule has 1 fully saturated rings. The van der Waals surface area contributed by atoms with E-state index >= 15 is 0 Å². The van der Waals surface area contributed by atoms with Crippen LogP contribution in [0.5, 0.6) is 0 Å². The molecule has 0 aromatic carbocycles. The smallest absolute Gasteiger partial charge is 0.121 e. The molecule has 2 rings (SSSR count). The first-order valence-corrected chi connectivity index (χ1v) is 7.74. The van der Waals surface area contributed by atoms with Crippen molar-refractivity contribution >= 4 is 17.2 Å². The van der Waals surface area contributed by atoms with Gasteiger partial charge in [0, 0.05) is 25.2 Å². The van der Waals surface area contributed by atoms with Gasteiger partial charge in [-0.25, -0.2) is 5.43 Å². The Hall–Kier alpha value is -0.850. The normalized spacial score (nSPS) is 21.6. The summed E-state index contributed by atoms with van der Waals surface area (Å²) in [6.07, 6.45) is 8.43. The molecular weight excluding hydrogens is 258 g/mol. The van der Waals surface area contributed by atoms with Crippen LogP contribution in [-0.2, 0) is 0 Å². The zero-order chi connectivity index (χ0) is 13.7. The van der Waals surface area contributed by atoms with E-state index in [-0.39, 0.29) is 0 Å². The fourth-order valence-corrected chi connectivity index (χ4v) is 2.85. The second-order valence-electron chi connectivity index (χ2n) is 5.09. The van der Waals surface area contributed by atoms with Crippen molar-refractivity contribution in [3.05, 3.63) is 11.9 Å².